The highest BCUT2D eigenvalue weighted by atomic mass is 16.5. The SMILES string of the molecule is CC(C)(N)c1cncn1Cc1ncon1. The largest absolute Gasteiger partial charge is 0.343 e. The van der Waals surface area contributed by atoms with Crippen molar-refractivity contribution in [2.24, 2.45) is 5.73 Å². The van der Waals surface area contributed by atoms with Crippen LogP contribution in [0.2, 0.25) is 0 Å². The summed E-state index contributed by atoms with van der Waals surface area (Å²) >= 11 is 0. The van der Waals surface area contributed by atoms with E-state index in [-0.39, 0.29) is 0 Å². The minimum Gasteiger partial charge on any atom is -0.343 e. The molecule has 2 heterocycles. The van der Waals surface area contributed by atoms with Crippen molar-refractivity contribution in [1.82, 2.24) is 19.7 Å². The quantitative estimate of drug-likeness (QED) is 0.792. The third-order valence-corrected chi connectivity index (χ3v) is 2.09. The highest BCUT2D eigenvalue weighted by Gasteiger charge is 2.19. The molecule has 0 atom stereocenters. The first kappa shape index (κ1) is 9.85. The monoisotopic (exact) mass is 207 g/mol. The van der Waals surface area contributed by atoms with E-state index in [4.69, 9.17) is 5.73 Å². The Balaban J connectivity index is 2.26. The van der Waals surface area contributed by atoms with E-state index in [0.717, 1.165) is 5.69 Å². The van der Waals surface area contributed by atoms with Gasteiger partial charge in [0.05, 0.1) is 24.1 Å². The summed E-state index contributed by atoms with van der Waals surface area (Å²) in [7, 11) is 0. The van der Waals surface area contributed by atoms with Gasteiger partial charge in [0.1, 0.15) is 0 Å². The maximum Gasteiger partial charge on any atom is 0.213 e. The van der Waals surface area contributed by atoms with E-state index in [9.17, 15) is 0 Å². The summed E-state index contributed by atoms with van der Waals surface area (Å²) in [6, 6.07) is 0. The van der Waals surface area contributed by atoms with E-state index in [2.05, 4.69) is 19.6 Å². The summed E-state index contributed by atoms with van der Waals surface area (Å²) in [6.45, 7) is 4.37. The van der Waals surface area contributed by atoms with Crippen LogP contribution < -0.4 is 5.73 Å². The predicted molar refractivity (Wildman–Crippen MR) is 52.8 cm³/mol. The van der Waals surface area contributed by atoms with Gasteiger partial charge in [-0.15, -0.1) is 0 Å². The van der Waals surface area contributed by atoms with Gasteiger partial charge in [-0.1, -0.05) is 5.16 Å². The fraction of sp³-hybridized carbons (Fsp3) is 0.444. The van der Waals surface area contributed by atoms with Gasteiger partial charge in [0.25, 0.3) is 0 Å². The van der Waals surface area contributed by atoms with E-state index in [0.29, 0.717) is 12.4 Å². The zero-order chi connectivity index (χ0) is 10.9. The second-order valence-electron chi connectivity index (χ2n) is 3.98. The fourth-order valence-electron chi connectivity index (χ4n) is 1.40. The van der Waals surface area contributed by atoms with E-state index in [1.54, 1.807) is 12.5 Å². The molecule has 0 aliphatic heterocycles. The first-order valence-corrected chi connectivity index (χ1v) is 4.62. The van der Waals surface area contributed by atoms with Crippen LogP contribution in [0.1, 0.15) is 25.4 Å². The smallest absolute Gasteiger partial charge is 0.213 e. The number of hydrogen-bond donors (Lipinski definition) is 1. The van der Waals surface area contributed by atoms with Gasteiger partial charge in [-0.25, -0.2) is 4.98 Å². The van der Waals surface area contributed by atoms with Gasteiger partial charge < -0.3 is 14.8 Å². The lowest BCUT2D eigenvalue weighted by atomic mass is 10.0. The molecule has 0 saturated carbocycles. The molecule has 0 spiro atoms. The number of hydrogen-bond acceptors (Lipinski definition) is 5. The third-order valence-electron chi connectivity index (χ3n) is 2.09. The molecule has 80 valence electrons. The van der Waals surface area contributed by atoms with E-state index >= 15 is 0 Å². The second-order valence-corrected chi connectivity index (χ2v) is 3.98. The minimum atomic E-state index is -0.430. The van der Waals surface area contributed by atoms with Crippen molar-refractivity contribution in [3.63, 3.8) is 0 Å². The Morgan fingerprint density at radius 2 is 2.33 bits per heavy atom. The molecular weight excluding hydrogens is 194 g/mol. The Morgan fingerprint density at radius 3 is 2.93 bits per heavy atom. The summed E-state index contributed by atoms with van der Waals surface area (Å²) in [4.78, 5) is 8.01. The molecule has 0 saturated heterocycles. The average Bonchev–Trinajstić information content (AvgIpc) is 2.73. The van der Waals surface area contributed by atoms with Gasteiger partial charge in [-0.2, -0.15) is 4.98 Å². The van der Waals surface area contributed by atoms with Gasteiger partial charge in [-0.3, -0.25) is 0 Å². The van der Waals surface area contributed by atoms with Crippen LogP contribution in [0.25, 0.3) is 0 Å². The molecule has 0 radical (unpaired) electrons. The van der Waals surface area contributed by atoms with Crippen LogP contribution in [0.3, 0.4) is 0 Å². The minimum absolute atomic E-state index is 0.430. The van der Waals surface area contributed by atoms with E-state index < -0.39 is 5.54 Å². The average molecular weight is 207 g/mol. The Labute approximate surface area is 87.1 Å². The fourth-order valence-corrected chi connectivity index (χ4v) is 1.40. The topological polar surface area (TPSA) is 82.8 Å². The third kappa shape index (κ3) is 2.04. The van der Waals surface area contributed by atoms with Crippen molar-refractivity contribution in [1.29, 1.82) is 0 Å². The predicted octanol–water partition coefficient (Wildman–Crippen LogP) is 0.508. The standard InChI is InChI=1S/C9H13N5O/c1-9(2,10)7-3-11-5-14(7)4-8-12-6-15-13-8/h3,5-6H,4,10H2,1-2H3. The molecule has 15 heavy (non-hydrogen) atoms. The molecular formula is C9H13N5O. The lowest BCUT2D eigenvalue weighted by Crippen LogP contribution is -2.31. The normalized spacial score (nSPS) is 11.9. The molecule has 0 fully saturated rings. The Kier molecular flexibility index (Phi) is 2.28. The zero-order valence-electron chi connectivity index (χ0n) is 8.71. The van der Waals surface area contributed by atoms with E-state index in [1.807, 2.05) is 18.4 Å². The highest BCUT2D eigenvalue weighted by Crippen LogP contribution is 2.16. The molecule has 2 rings (SSSR count). The Hall–Kier alpha value is -1.69. The molecule has 2 aromatic heterocycles. The maximum atomic E-state index is 6.01. The van der Waals surface area contributed by atoms with Crippen LogP contribution >= 0.6 is 0 Å². The van der Waals surface area contributed by atoms with Gasteiger partial charge in [-0.05, 0) is 13.8 Å². The number of aromatic nitrogens is 4. The van der Waals surface area contributed by atoms with Crippen LogP contribution in [0.15, 0.2) is 23.4 Å². The molecule has 0 aliphatic carbocycles. The first-order chi connectivity index (χ1) is 7.07. The molecule has 0 aromatic carbocycles. The number of imidazole rings is 1. The molecule has 0 aliphatic rings. The molecule has 2 aromatic rings. The van der Waals surface area contributed by atoms with Crippen LogP contribution in [0, 0.1) is 0 Å². The van der Waals surface area contributed by atoms with Gasteiger partial charge in [0, 0.05) is 6.20 Å². The van der Waals surface area contributed by atoms with Crippen LogP contribution in [0.5, 0.6) is 0 Å². The summed E-state index contributed by atoms with van der Waals surface area (Å²) in [5.74, 6) is 0.610. The van der Waals surface area contributed by atoms with Crippen LogP contribution in [0.4, 0.5) is 0 Å². The summed E-state index contributed by atoms with van der Waals surface area (Å²) in [5.41, 5.74) is 6.51. The number of rotatable bonds is 3. The molecule has 0 unspecified atom stereocenters. The van der Waals surface area contributed by atoms with Crippen LogP contribution in [-0.4, -0.2) is 19.7 Å². The van der Waals surface area contributed by atoms with Crippen molar-refractivity contribution in [2.75, 3.05) is 0 Å². The zero-order valence-corrected chi connectivity index (χ0v) is 8.71. The first-order valence-electron chi connectivity index (χ1n) is 4.62. The van der Waals surface area contributed by atoms with Crippen molar-refractivity contribution in [2.45, 2.75) is 25.9 Å². The second kappa shape index (κ2) is 3.47. The summed E-state index contributed by atoms with van der Waals surface area (Å²) in [5, 5.41) is 3.74. The van der Waals surface area contributed by atoms with Gasteiger partial charge in [0.15, 0.2) is 5.82 Å². The molecule has 6 heteroatoms. The lowest BCUT2D eigenvalue weighted by molar-refractivity contribution is 0.406. The maximum absolute atomic E-state index is 6.01. The van der Waals surface area contributed by atoms with Crippen molar-refractivity contribution in [3.8, 4) is 0 Å². The van der Waals surface area contributed by atoms with Gasteiger partial charge in [0.2, 0.25) is 6.39 Å². The Morgan fingerprint density at radius 1 is 1.53 bits per heavy atom. The molecule has 2 N–H and O–H groups in total. The Bertz CT molecular complexity index is 426. The van der Waals surface area contributed by atoms with Crippen molar-refractivity contribution in [3.05, 3.63) is 30.4 Å². The molecule has 6 nitrogen and oxygen atoms in total. The van der Waals surface area contributed by atoms with Crippen molar-refractivity contribution >= 4 is 0 Å². The van der Waals surface area contributed by atoms with E-state index in [1.165, 1.54) is 6.39 Å². The van der Waals surface area contributed by atoms with Crippen molar-refractivity contribution < 1.29 is 4.52 Å². The lowest BCUT2D eigenvalue weighted by Gasteiger charge is -2.19. The number of nitrogens with zero attached hydrogens (tertiary/aromatic N) is 4. The van der Waals surface area contributed by atoms with Crippen LogP contribution in [-0.2, 0) is 12.1 Å². The number of nitrogens with two attached hydrogens (primary N) is 1. The molecule has 0 bridgehead atoms. The van der Waals surface area contributed by atoms with Gasteiger partial charge >= 0.3 is 0 Å². The summed E-state index contributed by atoms with van der Waals surface area (Å²) < 4.78 is 6.57. The summed E-state index contributed by atoms with van der Waals surface area (Å²) in [6.07, 6.45) is 4.76. The molecule has 0 amide bonds. The highest BCUT2D eigenvalue weighted by molar-refractivity contribution is 5.10.